The number of alkyl halides is 2. The van der Waals surface area contributed by atoms with Crippen molar-refractivity contribution < 1.29 is 18.7 Å². The van der Waals surface area contributed by atoms with Crippen molar-refractivity contribution in [1.29, 1.82) is 0 Å². The van der Waals surface area contributed by atoms with Crippen LogP contribution in [0.3, 0.4) is 0 Å². The molecular formula is C27H25F2N3O3. The Morgan fingerprint density at radius 1 is 1.06 bits per heavy atom. The summed E-state index contributed by atoms with van der Waals surface area (Å²) in [6.07, 6.45) is 6.22. The third-order valence-corrected chi connectivity index (χ3v) is 6.87. The number of nitrogens with zero attached hydrogens (tertiary/aromatic N) is 3. The highest BCUT2D eigenvalue weighted by Gasteiger charge is 2.35. The van der Waals surface area contributed by atoms with E-state index in [2.05, 4.69) is 4.57 Å². The van der Waals surface area contributed by atoms with Gasteiger partial charge in [0.25, 0.3) is 0 Å². The van der Waals surface area contributed by atoms with Gasteiger partial charge in [0.1, 0.15) is 0 Å². The number of rotatable bonds is 5. The molecule has 1 aliphatic rings. The molecular weight excluding hydrogens is 452 g/mol. The fourth-order valence-corrected chi connectivity index (χ4v) is 4.80. The smallest absolute Gasteiger partial charge is 0.335 e. The van der Waals surface area contributed by atoms with Crippen LogP contribution in [0.15, 0.2) is 65.8 Å². The highest BCUT2D eigenvalue weighted by atomic mass is 19.3. The number of halogens is 2. The summed E-state index contributed by atoms with van der Waals surface area (Å²) in [7, 11) is 1.69. The van der Waals surface area contributed by atoms with Crippen LogP contribution in [0.25, 0.3) is 33.3 Å². The molecule has 6 nitrogen and oxygen atoms in total. The number of aromatic nitrogens is 3. The number of fused-ring (bicyclic) bond motifs is 1. The highest BCUT2D eigenvalue weighted by molar-refractivity contribution is 5.95. The second kappa shape index (κ2) is 8.76. The first-order valence-corrected chi connectivity index (χ1v) is 11.6. The first kappa shape index (κ1) is 23.0. The van der Waals surface area contributed by atoms with Crippen LogP contribution in [0.4, 0.5) is 8.78 Å². The Morgan fingerprint density at radius 3 is 2.40 bits per heavy atom. The van der Waals surface area contributed by atoms with Crippen molar-refractivity contribution in [3.8, 4) is 22.3 Å². The zero-order chi connectivity index (χ0) is 24.7. The van der Waals surface area contributed by atoms with Gasteiger partial charge in [-0.3, -0.25) is 9.78 Å². The van der Waals surface area contributed by atoms with Crippen LogP contribution in [-0.4, -0.2) is 31.1 Å². The van der Waals surface area contributed by atoms with Gasteiger partial charge < -0.3 is 14.2 Å². The van der Waals surface area contributed by atoms with Gasteiger partial charge in [0.2, 0.25) is 11.5 Å². The zero-order valence-electron chi connectivity index (χ0n) is 19.2. The molecule has 5 rings (SSSR count). The van der Waals surface area contributed by atoms with Gasteiger partial charge in [0.15, 0.2) is 0 Å². The van der Waals surface area contributed by atoms with Crippen LogP contribution in [0.1, 0.15) is 36.0 Å². The summed E-state index contributed by atoms with van der Waals surface area (Å²) < 4.78 is 31.0. The minimum absolute atomic E-state index is 0.0953. The topological polar surface area (TPSA) is 77.1 Å². The number of carboxylic acids is 1. The lowest BCUT2D eigenvalue weighted by atomic mass is 9.87. The lowest BCUT2D eigenvalue weighted by molar-refractivity contribution is -0.0472. The van der Waals surface area contributed by atoms with Crippen molar-refractivity contribution >= 4 is 17.0 Å². The third kappa shape index (κ3) is 4.60. The van der Waals surface area contributed by atoms with E-state index in [1.165, 1.54) is 10.6 Å². The van der Waals surface area contributed by atoms with E-state index >= 15 is 0 Å². The van der Waals surface area contributed by atoms with E-state index in [9.17, 15) is 23.5 Å². The summed E-state index contributed by atoms with van der Waals surface area (Å²) >= 11 is 0. The molecule has 0 atom stereocenters. The van der Waals surface area contributed by atoms with E-state index in [4.69, 9.17) is 4.98 Å². The van der Waals surface area contributed by atoms with Crippen molar-refractivity contribution in [2.45, 2.75) is 38.2 Å². The average Bonchev–Trinajstić information content (AvgIpc) is 3.20. The number of hydrogen-bond donors (Lipinski definition) is 1. The van der Waals surface area contributed by atoms with Crippen molar-refractivity contribution in [3.05, 3.63) is 77.0 Å². The maximum Gasteiger partial charge on any atom is 0.335 e. The molecule has 35 heavy (non-hydrogen) atoms. The van der Waals surface area contributed by atoms with Crippen molar-refractivity contribution in [2.75, 3.05) is 0 Å². The van der Waals surface area contributed by atoms with Gasteiger partial charge in [-0.2, -0.15) is 0 Å². The lowest BCUT2D eigenvalue weighted by Crippen LogP contribution is -2.26. The number of aryl methyl sites for hydroxylation is 1. The fourth-order valence-electron chi connectivity index (χ4n) is 4.80. The van der Waals surface area contributed by atoms with Crippen molar-refractivity contribution in [2.24, 2.45) is 13.0 Å². The molecule has 0 aliphatic heterocycles. The molecule has 0 spiro atoms. The molecule has 0 amide bonds. The first-order valence-electron chi connectivity index (χ1n) is 11.6. The van der Waals surface area contributed by atoms with Crippen LogP contribution < -0.4 is 5.56 Å². The SMILES string of the molecule is Cn1cc(-c2cnc3c(-c4ccc(C(=O)O)cc4)cn(CC4CCC(F)(F)CC4)c3c2)ccc1=O. The van der Waals surface area contributed by atoms with Crippen LogP contribution in [-0.2, 0) is 13.6 Å². The molecule has 1 aromatic carbocycles. The highest BCUT2D eigenvalue weighted by Crippen LogP contribution is 2.38. The number of carbonyl (C=O) groups is 1. The lowest BCUT2D eigenvalue weighted by Gasteiger charge is -2.28. The second-order valence-corrected chi connectivity index (χ2v) is 9.34. The predicted molar refractivity (Wildman–Crippen MR) is 130 cm³/mol. The Bertz CT molecular complexity index is 1460. The normalized spacial score (nSPS) is 16.0. The van der Waals surface area contributed by atoms with Gasteiger partial charge in [-0.15, -0.1) is 0 Å². The number of benzene rings is 1. The molecule has 0 bridgehead atoms. The number of aromatic carboxylic acids is 1. The Balaban J connectivity index is 1.58. The average molecular weight is 478 g/mol. The van der Waals surface area contributed by atoms with E-state index < -0.39 is 11.9 Å². The van der Waals surface area contributed by atoms with E-state index in [0.717, 1.165) is 33.3 Å². The summed E-state index contributed by atoms with van der Waals surface area (Å²) in [6.45, 7) is 0.595. The Morgan fingerprint density at radius 2 is 1.74 bits per heavy atom. The van der Waals surface area contributed by atoms with Crippen molar-refractivity contribution in [3.63, 3.8) is 0 Å². The first-order chi connectivity index (χ1) is 16.7. The van der Waals surface area contributed by atoms with Crippen molar-refractivity contribution in [1.82, 2.24) is 14.1 Å². The molecule has 3 heterocycles. The molecule has 1 saturated carbocycles. The predicted octanol–water partition coefficient (Wildman–Crippen LogP) is 5.59. The summed E-state index contributed by atoms with van der Waals surface area (Å²) in [5.41, 5.74) is 5.09. The van der Waals surface area contributed by atoms with Gasteiger partial charge in [0, 0.05) is 62.2 Å². The third-order valence-electron chi connectivity index (χ3n) is 6.87. The molecule has 0 unspecified atom stereocenters. The van der Waals surface area contributed by atoms with Gasteiger partial charge in [-0.25, -0.2) is 13.6 Å². The van der Waals surface area contributed by atoms with Crippen LogP contribution in [0.2, 0.25) is 0 Å². The van der Waals surface area contributed by atoms with Gasteiger partial charge in [-0.05, 0) is 54.2 Å². The van der Waals surface area contributed by atoms with Gasteiger partial charge in [0.05, 0.1) is 16.6 Å². The summed E-state index contributed by atoms with van der Waals surface area (Å²) in [4.78, 5) is 27.8. The minimum atomic E-state index is -2.58. The Hall–Kier alpha value is -3.81. The molecule has 3 aromatic heterocycles. The molecule has 1 fully saturated rings. The number of carboxylic acid groups (broad SMARTS) is 1. The van der Waals surface area contributed by atoms with E-state index in [1.54, 1.807) is 49.8 Å². The molecule has 180 valence electrons. The largest absolute Gasteiger partial charge is 0.478 e. The standard InChI is InChI=1S/C27H25F2N3O3/c1-31-15-20(6-7-24(31)33)21-12-23-25(30-13-21)22(18-2-4-19(5-3-18)26(34)35)16-32(23)14-17-8-10-27(28,29)11-9-17/h2-7,12-13,15-17H,8-11,14H2,1H3,(H,34,35). The maximum absolute atomic E-state index is 13.7. The van der Waals surface area contributed by atoms with Crippen LogP contribution >= 0.6 is 0 Å². The number of hydrogen-bond acceptors (Lipinski definition) is 3. The van der Waals surface area contributed by atoms with Crippen LogP contribution in [0.5, 0.6) is 0 Å². The zero-order valence-corrected chi connectivity index (χ0v) is 19.2. The second-order valence-electron chi connectivity index (χ2n) is 9.34. The van der Waals surface area contributed by atoms with Gasteiger partial charge in [-0.1, -0.05) is 12.1 Å². The fraction of sp³-hybridized carbons (Fsp3) is 0.296. The summed E-state index contributed by atoms with van der Waals surface area (Å²) in [6, 6.07) is 11.9. The monoisotopic (exact) mass is 477 g/mol. The summed E-state index contributed by atoms with van der Waals surface area (Å²) in [5, 5.41) is 9.23. The Labute approximate surface area is 200 Å². The van der Waals surface area contributed by atoms with Crippen LogP contribution in [0, 0.1) is 5.92 Å². The molecule has 1 N–H and O–H groups in total. The van der Waals surface area contributed by atoms with E-state index in [0.29, 0.717) is 19.4 Å². The molecule has 1 aliphatic carbocycles. The molecule has 0 saturated heterocycles. The summed E-state index contributed by atoms with van der Waals surface area (Å²) in [5.74, 6) is -3.44. The van der Waals surface area contributed by atoms with E-state index in [-0.39, 0.29) is 29.9 Å². The minimum Gasteiger partial charge on any atom is -0.478 e. The molecule has 4 aromatic rings. The van der Waals surface area contributed by atoms with Gasteiger partial charge >= 0.3 is 5.97 Å². The maximum atomic E-state index is 13.7. The molecule has 8 heteroatoms. The van der Waals surface area contributed by atoms with E-state index in [1.807, 2.05) is 12.3 Å². The quantitative estimate of drug-likeness (QED) is 0.406. The molecule has 0 radical (unpaired) electrons. The Kier molecular flexibility index (Phi) is 5.75. The number of pyridine rings is 2.